The predicted molar refractivity (Wildman–Crippen MR) is 108 cm³/mol. The number of fused-ring (bicyclic) bond motifs is 1. The SMILES string of the molecule is Cc1ccc(F)cc1NC(=O)CSc1nnc(-c2ccc3ccccc3c2)o1. The molecule has 3 aromatic carbocycles. The maximum Gasteiger partial charge on any atom is 0.277 e. The first kappa shape index (κ1) is 18.2. The number of thioether (sulfide) groups is 1. The number of halogens is 1. The molecule has 1 amide bonds. The molecule has 0 aliphatic carbocycles. The molecule has 0 spiro atoms. The Morgan fingerprint density at radius 3 is 2.75 bits per heavy atom. The predicted octanol–water partition coefficient (Wildman–Crippen LogP) is 5.07. The van der Waals surface area contributed by atoms with E-state index in [0.29, 0.717) is 16.8 Å². The van der Waals surface area contributed by atoms with Crippen molar-refractivity contribution in [1.29, 1.82) is 0 Å². The number of hydrogen-bond acceptors (Lipinski definition) is 5. The van der Waals surface area contributed by atoms with Crippen LogP contribution in [-0.2, 0) is 4.79 Å². The smallest absolute Gasteiger partial charge is 0.277 e. The highest BCUT2D eigenvalue weighted by molar-refractivity contribution is 7.99. The van der Waals surface area contributed by atoms with Crippen LogP contribution in [0.1, 0.15) is 5.56 Å². The van der Waals surface area contributed by atoms with Crippen LogP contribution in [0.3, 0.4) is 0 Å². The summed E-state index contributed by atoms with van der Waals surface area (Å²) in [7, 11) is 0. The van der Waals surface area contributed by atoms with Gasteiger partial charge in [-0.3, -0.25) is 4.79 Å². The number of aromatic nitrogens is 2. The lowest BCUT2D eigenvalue weighted by Gasteiger charge is -2.07. The van der Waals surface area contributed by atoms with Crippen molar-refractivity contribution < 1.29 is 13.6 Å². The van der Waals surface area contributed by atoms with Crippen molar-refractivity contribution >= 4 is 34.1 Å². The number of anilines is 1. The highest BCUT2D eigenvalue weighted by Crippen LogP contribution is 2.26. The van der Waals surface area contributed by atoms with Gasteiger partial charge in [-0.05, 0) is 47.5 Å². The summed E-state index contributed by atoms with van der Waals surface area (Å²) in [6.45, 7) is 1.80. The maximum atomic E-state index is 13.3. The van der Waals surface area contributed by atoms with Crippen LogP contribution >= 0.6 is 11.8 Å². The molecule has 0 atom stereocenters. The molecule has 140 valence electrons. The van der Waals surface area contributed by atoms with Gasteiger partial charge in [0.1, 0.15) is 5.82 Å². The first-order valence-corrected chi connectivity index (χ1v) is 9.58. The Bertz CT molecular complexity index is 1160. The number of carbonyl (C=O) groups excluding carboxylic acids is 1. The first-order valence-electron chi connectivity index (χ1n) is 8.60. The summed E-state index contributed by atoms with van der Waals surface area (Å²) in [6.07, 6.45) is 0. The number of nitrogens with one attached hydrogen (secondary N) is 1. The van der Waals surface area contributed by atoms with Gasteiger partial charge in [0.15, 0.2) is 0 Å². The quantitative estimate of drug-likeness (QED) is 0.480. The molecule has 4 aromatic rings. The Hall–Kier alpha value is -3.19. The van der Waals surface area contributed by atoms with Gasteiger partial charge in [0.2, 0.25) is 11.8 Å². The number of aryl methyl sites for hydroxylation is 1. The molecule has 1 heterocycles. The molecule has 4 rings (SSSR count). The third-order valence-corrected chi connectivity index (χ3v) is 5.02. The van der Waals surface area contributed by atoms with Gasteiger partial charge in [-0.25, -0.2) is 4.39 Å². The topological polar surface area (TPSA) is 68.0 Å². The Morgan fingerprint density at radius 1 is 1.07 bits per heavy atom. The summed E-state index contributed by atoms with van der Waals surface area (Å²) in [5.41, 5.74) is 2.06. The minimum atomic E-state index is -0.398. The van der Waals surface area contributed by atoms with Crippen LogP contribution in [0.5, 0.6) is 0 Å². The van der Waals surface area contributed by atoms with Gasteiger partial charge in [0.05, 0.1) is 5.75 Å². The van der Waals surface area contributed by atoms with E-state index in [2.05, 4.69) is 15.5 Å². The third-order valence-electron chi connectivity index (χ3n) is 4.20. The molecule has 0 saturated carbocycles. The molecule has 0 saturated heterocycles. The molecule has 0 radical (unpaired) electrons. The molecular formula is C21H16FN3O2S. The van der Waals surface area contributed by atoms with Crippen LogP contribution in [0.15, 0.2) is 70.3 Å². The van der Waals surface area contributed by atoms with E-state index < -0.39 is 5.82 Å². The molecule has 0 aliphatic rings. The number of carbonyl (C=O) groups is 1. The summed E-state index contributed by atoms with van der Waals surface area (Å²) < 4.78 is 19.0. The number of amides is 1. The van der Waals surface area contributed by atoms with Crippen LogP contribution in [0.2, 0.25) is 0 Å². The van der Waals surface area contributed by atoms with E-state index in [-0.39, 0.29) is 11.7 Å². The average molecular weight is 393 g/mol. The Morgan fingerprint density at radius 2 is 1.89 bits per heavy atom. The summed E-state index contributed by atoms with van der Waals surface area (Å²) in [6, 6.07) is 18.2. The zero-order chi connectivity index (χ0) is 19.5. The van der Waals surface area contributed by atoms with Crippen molar-refractivity contribution in [2.75, 3.05) is 11.1 Å². The molecule has 0 bridgehead atoms. The highest BCUT2D eigenvalue weighted by Gasteiger charge is 2.12. The fraction of sp³-hybridized carbons (Fsp3) is 0.0952. The van der Waals surface area contributed by atoms with Crippen molar-refractivity contribution in [1.82, 2.24) is 10.2 Å². The molecule has 0 unspecified atom stereocenters. The van der Waals surface area contributed by atoms with Gasteiger partial charge in [-0.1, -0.05) is 48.2 Å². The van der Waals surface area contributed by atoms with E-state index in [1.165, 1.54) is 12.1 Å². The Balaban J connectivity index is 1.41. The molecule has 0 fully saturated rings. The van der Waals surface area contributed by atoms with Gasteiger partial charge >= 0.3 is 0 Å². The second kappa shape index (κ2) is 7.82. The van der Waals surface area contributed by atoms with Gasteiger partial charge in [-0.2, -0.15) is 0 Å². The van der Waals surface area contributed by atoms with Gasteiger partial charge in [-0.15, -0.1) is 10.2 Å². The Labute approximate surface area is 165 Å². The molecular weight excluding hydrogens is 377 g/mol. The third kappa shape index (κ3) is 4.04. The van der Waals surface area contributed by atoms with Crippen molar-refractivity contribution in [2.24, 2.45) is 0 Å². The van der Waals surface area contributed by atoms with Crippen LogP contribution < -0.4 is 5.32 Å². The second-order valence-electron chi connectivity index (χ2n) is 6.23. The van der Waals surface area contributed by atoms with E-state index in [1.54, 1.807) is 13.0 Å². The fourth-order valence-electron chi connectivity index (χ4n) is 2.75. The zero-order valence-corrected chi connectivity index (χ0v) is 15.8. The van der Waals surface area contributed by atoms with Crippen LogP contribution in [0.4, 0.5) is 10.1 Å². The molecule has 5 nitrogen and oxygen atoms in total. The zero-order valence-electron chi connectivity index (χ0n) is 15.0. The summed E-state index contributed by atoms with van der Waals surface area (Å²) >= 11 is 1.13. The molecule has 28 heavy (non-hydrogen) atoms. The maximum absolute atomic E-state index is 13.3. The largest absolute Gasteiger partial charge is 0.411 e. The lowest BCUT2D eigenvalue weighted by molar-refractivity contribution is -0.113. The van der Waals surface area contributed by atoms with Crippen LogP contribution in [0.25, 0.3) is 22.2 Å². The Kier molecular flexibility index (Phi) is 5.08. The van der Waals surface area contributed by atoms with E-state index in [1.807, 2.05) is 42.5 Å². The minimum absolute atomic E-state index is 0.0787. The van der Waals surface area contributed by atoms with Gasteiger partial charge < -0.3 is 9.73 Å². The van der Waals surface area contributed by atoms with Crippen molar-refractivity contribution in [3.8, 4) is 11.5 Å². The molecule has 1 N–H and O–H groups in total. The summed E-state index contributed by atoms with van der Waals surface area (Å²) in [4.78, 5) is 12.1. The van der Waals surface area contributed by atoms with E-state index in [0.717, 1.165) is 33.7 Å². The lowest BCUT2D eigenvalue weighted by atomic mass is 10.1. The molecule has 1 aromatic heterocycles. The number of hydrogen-bond donors (Lipinski definition) is 1. The molecule has 0 aliphatic heterocycles. The average Bonchev–Trinajstić information content (AvgIpc) is 3.18. The van der Waals surface area contributed by atoms with E-state index in [4.69, 9.17) is 4.42 Å². The van der Waals surface area contributed by atoms with Crippen LogP contribution in [-0.4, -0.2) is 21.9 Å². The standard InChI is InChI=1S/C21H16FN3O2S/c1-13-6-9-17(22)11-18(13)23-19(26)12-28-21-25-24-20(27-21)16-8-7-14-4-2-3-5-15(14)10-16/h2-11H,12H2,1H3,(H,23,26). The second-order valence-corrected chi connectivity index (χ2v) is 7.16. The lowest BCUT2D eigenvalue weighted by Crippen LogP contribution is -2.15. The minimum Gasteiger partial charge on any atom is -0.411 e. The first-order chi connectivity index (χ1) is 13.6. The number of rotatable bonds is 5. The van der Waals surface area contributed by atoms with Crippen molar-refractivity contribution in [2.45, 2.75) is 12.1 Å². The van der Waals surface area contributed by atoms with Gasteiger partial charge in [0, 0.05) is 11.3 Å². The van der Waals surface area contributed by atoms with Crippen LogP contribution in [0, 0.1) is 12.7 Å². The normalized spacial score (nSPS) is 10.9. The summed E-state index contributed by atoms with van der Waals surface area (Å²) in [5.74, 6) is -0.195. The monoisotopic (exact) mass is 393 g/mol. The number of nitrogens with zero attached hydrogens (tertiary/aromatic N) is 2. The molecule has 7 heteroatoms. The van der Waals surface area contributed by atoms with Crippen molar-refractivity contribution in [3.05, 3.63) is 72.0 Å². The van der Waals surface area contributed by atoms with E-state index >= 15 is 0 Å². The van der Waals surface area contributed by atoms with Crippen molar-refractivity contribution in [3.63, 3.8) is 0 Å². The van der Waals surface area contributed by atoms with E-state index in [9.17, 15) is 9.18 Å². The number of benzene rings is 3. The highest BCUT2D eigenvalue weighted by atomic mass is 32.2. The fourth-order valence-corrected chi connectivity index (χ4v) is 3.31. The van der Waals surface area contributed by atoms with Gasteiger partial charge in [0.25, 0.3) is 5.22 Å². The summed E-state index contributed by atoms with van der Waals surface area (Å²) in [5, 5.41) is 13.3.